The molecule has 3 N–H and O–H groups in total. The summed E-state index contributed by atoms with van der Waals surface area (Å²) in [6, 6.07) is 5.75. The number of amides is 1. The van der Waals surface area contributed by atoms with Crippen molar-refractivity contribution in [2.24, 2.45) is 16.6 Å². The van der Waals surface area contributed by atoms with Crippen molar-refractivity contribution in [3.8, 4) is 0 Å². The van der Waals surface area contributed by atoms with Crippen LogP contribution in [0.4, 0.5) is 10.1 Å². The molecule has 4 rings (SSSR count). The maximum Gasteiger partial charge on any atom is 0.275 e. The van der Waals surface area contributed by atoms with Gasteiger partial charge in [0.2, 0.25) is 0 Å². The fourth-order valence-corrected chi connectivity index (χ4v) is 4.84. The van der Waals surface area contributed by atoms with Crippen molar-refractivity contribution in [1.29, 1.82) is 0 Å². The number of fused-ring (bicyclic) bond motifs is 1. The molecule has 10 heteroatoms. The van der Waals surface area contributed by atoms with Gasteiger partial charge in [0.1, 0.15) is 17.1 Å². The highest BCUT2D eigenvalue weighted by atomic mass is 35.5. The van der Waals surface area contributed by atoms with Gasteiger partial charge in [0.15, 0.2) is 5.17 Å². The highest BCUT2D eigenvalue weighted by molar-refractivity contribution is 8.13. The summed E-state index contributed by atoms with van der Waals surface area (Å²) in [7, 11) is 0. The molecule has 28 heavy (non-hydrogen) atoms. The van der Waals surface area contributed by atoms with Crippen LogP contribution in [0.1, 0.15) is 16.1 Å². The number of thioether (sulfide) groups is 1. The standard InChI is InChI=1S/C18H15Cl2FN4O2S/c19-10-3-13(20)15(23-5-10)16(26)24-11-1-2-14(21)12(4-11)18-8-27-6-9(18)7-28-17(22)25-18/h1-5,9H,6-8H2,(H2,22,25)(H,24,26)/t9-,18-/m0/s1. The van der Waals surface area contributed by atoms with Gasteiger partial charge in [0.05, 0.1) is 23.3 Å². The molecule has 3 heterocycles. The van der Waals surface area contributed by atoms with Crippen molar-refractivity contribution < 1.29 is 13.9 Å². The van der Waals surface area contributed by atoms with E-state index < -0.39 is 17.3 Å². The fraction of sp³-hybridized carbons (Fsp3) is 0.278. The number of anilines is 1. The number of nitrogens with one attached hydrogen (secondary N) is 1. The van der Waals surface area contributed by atoms with E-state index in [1.807, 2.05) is 0 Å². The maximum atomic E-state index is 14.7. The predicted octanol–water partition coefficient (Wildman–Crippen LogP) is 3.68. The Morgan fingerprint density at radius 1 is 1.39 bits per heavy atom. The van der Waals surface area contributed by atoms with E-state index in [0.29, 0.717) is 33.8 Å². The van der Waals surface area contributed by atoms with Gasteiger partial charge in [-0.3, -0.25) is 4.79 Å². The van der Waals surface area contributed by atoms with Crippen molar-refractivity contribution in [3.05, 3.63) is 57.6 Å². The number of hydrogen-bond acceptors (Lipinski definition) is 6. The van der Waals surface area contributed by atoms with Gasteiger partial charge in [-0.05, 0) is 24.3 Å². The number of ether oxygens (including phenoxy) is 1. The van der Waals surface area contributed by atoms with Gasteiger partial charge in [-0.15, -0.1) is 0 Å². The molecule has 0 spiro atoms. The van der Waals surface area contributed by atoms with E-state index in [2.05, 4.69) is 15.3 Å². The number of carbonyl (C=O) groups excluding carboxylic acids is 1. The smallest absolute Gasteiger partial charge is 0.275 e. The Labute approximate surface area is 174 Å². The minimum atomic E-state index is -0.893. The molecule has 1 aromatic heterocycles. The second-order valence-corrected chi connectivity index (χ2v) is 8.41. The summed E-state index contributed by atoms with van der Waals surface area (Å²) in [5.74, 6) is -0.272. The molecule has 0 bridgehead atoms. The molecular weight excluding hydrogens is 426 g/mol. The van der Waals surface area contributed by atoms with Crippen LogP contribution in [0.15, 0.2) is 35.5 Å². The van der Waals surface area contributed by atoms with Crippen LogP contribution < -0.4 is 11.1 Å². The normalized spacial score (nSPS) is 23.8. The molecule has 2 aliphatic heterocycles. The molecule has 1 amide bonds. The van der Waals surface area contributed by atoms with Crippen LogP contribution in [0, 0.1) is 11.7 Å². The van der Waals surface area contributed by atoms with Crippen molar-refractivity contribution in [1.82, 2.24) is 4.98 Å². The maximum absolute atomic E-state index is 14.7. The molecule has 0 radical (unpaired) electrons. The Balaban J connectivity index is 1.68. The third kappa shape index (κ3) is 3.45. The summed E-state index contributed by atoms with van der Waals surface area (Å²) >= 11 is 13.3. The van der Waals surface area contributed by atoms with Gasteiger partial charge >= 0.3 is 0 Å². The minimum Gasteiger partial charge on any atom is -0.379 e. The lowest BCUT2D eigenvalue weighted by Crippen LogP contribution is -2.40. The van der Waals surface area contributed by atoms with Gasteiger partial charge in [0.25, 0.3) is 5.91 Å². The number of aliphatic imine (C=N–C) groups is 1. The van der Waals surface area contributed by atoms with Crippen LogP contribution in [0.25, 0.3) is 0 Å². The average Bonchev–Trinajstić information content (AvgIpc) is 3.07. The van der Waals surface area contributed by atoms with Gasteiger partial charge in [-0.25, -0.2) is 14.4 Å². The Bertz CT molecular complexity index is 990. The Morgan fingerprint density at radius 2 is 2.21 bits per heavy atom. The molecule has 2 aromatic rings. The van der Waals surface area contributed by atoms with Gasteiger partial charge < -0.3 is 15.8 Å². The summed E-state index contributed by atoms with van der Waals surface area (Å²) < 4.78 is 20.3. The molecule has 6 nitrogen and oxygen atoms in total. The van der Waals surface area contributed by atoms with Gasteiger partial charge in [-0.1, -0.05) is 35.0 Å². The number of nitrogens with zero attached hydrogens (tertiary/aromatic N) is 2. The molecule has 146 valence electrons. The van der Waals surface area contributed by atoms with Crippen molar-refractivity contribution in [2.75, 3.05) is 24.3 Å². The Hall–Kier alpha value is -1.87. The molecular formula is C18H15Cl2FN4O2S. The number of hydrogen-bond donors (Lipinski definition) is 2. The van der Waals surface area contributed by atoms with Crippen LogP contribution in [0.3, 0.4) is 0 Å². The van der Waals surface area contributed by atoms with Crippen LogP contribution >= 0.6 is 35.0 Å². The van der Waals surface area contributed by atoms with Crippen LogP contribution in [-0.4, -0.2) is 35.0 Å². The first-order valence-electron chi connectivity index (χ1n) is 8.37. The van der Waals surface area contributed by atoms with Crippen LogP contribution in [-0.2, 0) is 10.3 Å². The molecule has 1 fully saturated rings. The first-order valence-corrected chi connectivity index (χ1v) is 10.1. The largest absolute Gasteiger partial charge is 0.379 e. The van der Waals surface area contributed by atoms with E-state index >= 15 is 0 Å². The van der Waals surface area contributed by atoms with E-state index in [1.165, 1.54) is 36.2 Å². The first-order chi connectivity index (χ1) is 13.4. The lowest BCUT2D eigenvalue weighted by Gasteiger charge is -2.34. The Morgan fingerprint density at radius 3 is 3.00 bits per heavy atom. The molecule has 1 saturated heterocycles. The zero-order valence-electron chi connectivity index (χ0n) is 14.4. The number of halogens is 3. The minimum absolute atomic E-state index is 0.00220. The lowest BCUT2D eigenvalue weighted by molar-refractivity contribution is 0.102. The number of aromatic nitrogens is 1. The Kier molecular flexibility index (Phi) is 5.22. The lowest BCUT2D eigenvalue weighted by atomic mass is 9.81. The number of carbonyl (C=O) groups is 1. The summed E-state index contributed by atoms with van der Waals surface area (Å²) in [4.78, 5) is 21.0. The average molecular weight is 441 g/mol. The van der Waals surface area contributed by atoms with Gasteiger partial charge in [-0.2, -0.15) is 0 Å². The molecule has 1 aromatic carbocycles. The number of benzene rings is 1. The van der Waals surface area contributed by atoms with Crippen molar-refractivity contribution >= 4 is 51.7 Å². The summed E-state index contributed by atoms with van der Waals surface area (Å²) in [6.45, 7) is 0.710. The molecule has 2 aliphatic rings. The predicted molar refractivity (Wildman–Crippen MR) is 109 cm³/mol. The molecule has 0 saturated carbocycles. The third-order valence-corrected chi connectivity index (χ3v) is 6.22. The monoisotopic (exact) mass is 440 g/mol. The number of rotatable bonds is 3. The molecule has 0 unspecified atom stereocenters. The second kappa shape index (κ2) is 7.51. The molecule has 0 aliphatic carbocycles. The zero-order valence-corrected chi connectivity index (χ0v) is 16.7. The second-order valence-electron chi connectivity index (χ2n) is 6.53. The van der Waals surface area contributed by atoms with Crippen molar-refractivity contribution in [2.45, 2.75) is 5.54 Å². The van der Waals surface area contributed by atoms with E-state index in [0.717, 1.165) is 0 Å². The SMILES string of the molecule is NC1=N[C@@]2(c3cc(NC(=O)c4ncc(Cl)cc4Cl)ccc3F)COC[C@H]2CS1. The third-order valence-electron chi connectivity index (χ3n) is 4.77. The van der Waals surface area contributed by atoms with E-state index in [4.69, 9.17) is 33.7 Å². The summed E-state index contributed by atoms with van der Waals surface area (Å²) in [5, 5.41) is 3.53. The van der Waals surface area contributed by atoms with Crippen molar-refractivity contribution in [3.63, 3.8) is 0 Å². The van der Waals surface area contributed by atoms with Gasteiger partial charge in [0, 0.05) is 29.1 Å². The van der Waals surface area contributed by atoms with E-state index in [1.54, 1.807) is 6.07 Å². The molecule has 2 atom stereocenters. The zero-order chi connectivity index (χ0) is 19.9. The highest BCUT2D eigenvalue weighted by Gasteiger charge is 2.49. The fourth-order valence-electron chi connectivity index (χ4n) is 3.40. The first kappa shape index (κ1) is 19.4. The topological polar surface area (TPSA) is 89.6 Å². The van der Waals surface area contributed by atoms with E-state index in [-0.39, 0.29) is 23.2 Å². The van der Waals surface area contributed by atoms with Crippen LogP contribution in [0.2, 0.25) is 10.0 Å². The quantitative estimate of drug-likeness (QED) is 0.759. The summed E-state index contributed by atoms with van der Waals surface area (Å²) in [5.41, 5.74) is 5.78. The number of nitrogens with two attached hydrogens (primary N) is 1. The number of pyridine rings is 1. The van der Waals surface area contributed by atoms with Crippen LogP contribution in [0.5, 0.6) is 0 Å². The number of amidine groups is 1. The van der Waals surface area contributed by atoms with E-state index in [9.17, 15) is 9.18 Å². The highest BCUT2D eigenvalue weighted by Crippen LogP contribution is 2.45. The summed E-state index contributed by atoms with van der Waals surface area (Å²) in [6.07, 6.45) is 1.33.